The van der Waals surface area contributed by atoms with Crippen molar-refractivity contribution in [3.63, 3.8) is 0 Å². The van der Waals surface area contributed by atoms with E-state index in [2.05, 4.69) is 40.8 Å². The van der Waals surface area contributed by atoms with E-state index in [9.17, 15) is 9.18 Å². The van der Waals surface area contributed by atoms with E-state index in [1.807, 2.05) is 0 Å². The van der Waals surface area contributed by atoms with Crippen molar-refractivity contribution in [2.75, 3.05) is 10.6 Å². The van der Waals surface area contributed by atoms with E-state index in [0.717, 1.165) is 0 Å². The van der Waals surface area contributed by atoms with Crippen LogP contribution in [0.15, 0.2) is 41.3 Å². The molecule has 0 saturated carbocycles. The highest BCUT2D eigenvalue weighted by Crippen LogP contribution is 2.31. The Kier molecular flexibility index (Phi) is 5.12. The first-order chi connectivity index (χ1) is 13.6. The number of rotatable bonds is 6. The summed E-state index contributed by atoms with van der Waals surface area (Å²) in [4.78, 5) is 27.5. The second-order valence-corrected chi connectivity index (χ2v) is 8.15. The Labute approximate surface area is 166 Å². The highest BCUT2D eigenvalue weighted by molar-refractivity contribution is 8.02. The zero-order valence-corrected chi connectivity index (χ0v) is 16.0. The first-order valence-corrected chi connectivity index (χ1v) is 9.76. The van der Waals surface area contributed by atoms with Crippen LogP contribution in [0.1, 0.15) is 6.92 Å². The van der Waals surface area contributed by atoms with Crippen LogP contribution < -0.4 is 10.6 Å². The van der Waals surface area contributed by atoms with Gasteiger partial charge in [0.2, 0.25) is 11.0 Å². The predicted octanol–water partition coefficient (Wildman–Crippen LogP) is 3.21. The first-order valence-electron chi connectivity index (χ1n) is 8.06. The Morgan fingerprint density at radius 3 is 3.04 bits per heavy atom. The van der Waals surface area contributed by atoms with Gasteiger partial charge in [0, 0.05) is 5.69 Å². The summed E-state index contributed by atoms with van der Waals surface area (Å²) in [6.45, 7) is 1.76. The van der Waals surface area contributed by atoms with Gasteiger partial charge in [0.05, 0.1) is 11.6 Å². The number of halogens is 1. The molecule has 3 N–H and O–H groups in total. The molecular weight excluding hydrogens is 403 g/mol. The number of anilines is 3. The maximum absolute atomic E-state index is 13.3. The van der Waals surface area contributed by atoms with Gasteiger partial charge in [-0.15, -0.1) is 10.2 Å². The molecule has 0 spiro atoms. The van der Waals surface area contributed by atoms with Crippen molar-refractivity contribution < 1.29 is 9.18 Å². The minimum Gasteiger partial charge on any atom is -0.340 e. The maximum atomic E-state index is 13.3. The molecule has 0 aliphatic heterocycles. The molecule has 3 heterocycles. The van der Waals surface area contributed by atoms with Gasteiger partial charge >= 0.3 is 0 Å². The molecule has 1 atom stereocenters. The van der Waals surface area contributed by atoms with Crippen molar-refractivity contribution in [3.8, 4) is 0 Å². The molecule has 142 valence electrons. The molecule has 0 bridgehead atoms. The second-order valence-electron chi connectivity index (χ2n) is 5.58. The van der Waals surface area contributed by atoms with Crippen molar-refractivity contribution in [3.05, 3.63) is 42.7 Å². The Bertz CT molecular complexity index is 1130. The molecule has 0 unspecified atom stereocenters. The van der Waals surface area contributed by atoms with E-state index in [1.165, 1.54) is 47.9 Å². The van der Waals surface area contributed by atoms with Crippen LogP contribution in [-0.4, -0.2) is 41.3 Å². The van der Waals surface area contributed by atoms with E-state index in [1.54, 1.807) is 19.1 Å². The summed E-state index contributed by atoms with van der Waals surface area (Å²) in [5.41, 5.74) is 1.61. The predicted molar refractivity (Wildman–Crippen MR) is 105 cm³/mol. The van der Waals surface area contributed by atoms with Gasteiger partial charge in [-0.05, 0) is 25.1 Å². The third-order valence-electron chi connectivity index (χ3n) is 3.59. The van der Waals surface area contributed by atoms with Crippen LogP contribution in [0.2, 0.25) is 0 Å². The fourth-order valence-electron chi connectivity index (χ4n) is 2.28. The number of carbonyl (C=O) groups excluding carboxylic acids is 1. The van der Waals surface area contributed by atoms with Crippen molar-refractivity contribution in [2.24, 2.45) is 0 Å². The molecule has 0 aliphatic rings. The van der Waals surface area contributed by atoms with Gasteiger partial charge in [-0.2, -0.15) is 0 Å². The fourth-order valence-corrected chi connectivity index (χ4v) is 4.20. The molecular formula is C16H13FN8OS2. The Morgan fingerprint density at radius 2 is 2.18 bits per heavy atom. The summed E-state index contributed by atoms with van der Waals surface area (Å²) in [5, 5.41) is 13.9. The minimum absolute atomic E-state index is 0.241. The van der Waals surface area contributed by atoms with Gasteiger partial charge in [-0.1, -0.05) is 29.2 Å². The molecule has 28 heavy (non-hydrogen) atoms. The van der Waals surface area contributed by atoms with E-state index < -0.39 is 5.25 Å². The lowest BCUT2D eigenvalue weighted by atomic mass is 10.3. The number of H-pyrrole nitrogens is 1. The first kappa shape index (κ1) is 18.3. The van der Waals surface area contributed by atoms with Crippen molar-refractivity contribution in [1.29, 1.82) is 0 Å². The summed E-state index contributed by atoms with van der Waals surface area (Å²) in [7, 11) is 0. The Balaban J connectivity index is 1.39. The quantitative estimate of drug-likeness (QED) is 0.410. The molecule has 1 amide bonds. The number of carbonyl (C=O) groups is 1. The smallest absolute Gasteiger partial charge is 0.238 e. The maximum Gasteiger partial charge on any atom is 0.238 e. The Hall–Kier alpha value is -3.12. The van der Waals surface area contributed by atoms with Gasteiger partial charge in [-0.25, -0.2) is 19.3 Å². The van der Waals surface area contributed by atoms with Gasteiger partial charge in [0.15, 0.2) is 15.8 Å². The topological polar surface area (TPSA) is 121 Å². The highest BCUT2D eigenvalue weighted by Gasteiger charge is 2.19. The third-order valence-corrected chi connectivity index (χ3v) is 5.62. The van der Waals surface area contributed by atoms with Gasteiger partial charge < -0.3 is 15.6 Å². The Morgan fingerprint density at radius 1 is 1.29 bits per heavy atom. The lowest BCUT2D eigenvalue weighted by molar-refractivity contribution is -0.115. The lowest BCUT2D eigenvalue weighted by Crippen LogP contribution is -2.23. The van der Waals surface area contributed by atoms with Crippen molar-refractivity contribution in [1.82, 2.24) is 30.1 Å². The van der Waals surface area contributed by atoms with E-state index >= 15 is 0 Å². The molecule has 1 aromatic carbocycles. The summed E-state index contributed by atoms with van der Waals surface area (Å²) in [6.07, 6.45) is 2.83. The molecule has 3 aromatic heterocycles. The number of benzene rings is 1. The summed E-state index contributed by atoms with van der Waals surface area (Å²) in [6, 6.07) is 6.06. The number of amides is 1. The minimum atomic E-state index is -0.442. The number of hydrogen-bond donors (Lipinski definition) is 3. The number of hydrogen-bond acceptors (Lipinski definition) is 9. The highest BCUT2D eigenvalue weighted by atomic mass is 32.2. The van der Waals surface area contributed by atoms with Crippen LogP contribution in [0.25, 0.3) is 11.2 Å². The molecule has 9 nitrogen and oxygen atoms in total. The van der Waals surface area contributed by atoms with E-state index in [0.29, 0.717) is 32.1 Å². The molecule has 4 rings (SSSR count). The number of nitrogens with zero attached hydrogens (tertiary/aromatic N) is 5. The summed E-state index contributed by atoms with van der Waals surface area (Å²) >= 11 is 2.54. The van der Waals surface area contributed by atoms with Gasteiger partial charge in [0.1, 0.15) is 17.7 Å². The second kappa shape index (κ2) is 7.86. The number of nitrogens with one attached hydrogen (secondary N) is 3. The monoisotopic (exact) mass is 416 g/mol. The van der Waals surface area contributed by atoms with Crippen LogP contribution in [0, 0.1) is 5.82 Å². The number of aromatic amines is 1. The van der Waals surface area contributed by atoms with Crippen molar-refractivity contribution in [2.45, 2.75) is 16.5 Å². The number of fused-ring (bicyclic) bond motifs is 1. The number of imidazole rings is 1. The SMILES string of the molecule is C[C@H](Sc1nnc(Nc2cccc(F)c2)s1)C(=O)Nc1ncnc2nc[nH]c12. The van der Waals surface area contributed by atoms with Crippen LogP contribution in [0.4, 0.5) is 21.0 Å². The van der Waals surface area contributed by atoms with Gasteiger partial charge in [0.25, 0.3) is 0 Å². The summed E-state index contributed by atoms with van der Waals surface area (Å²) < 4.78 is 13.9. The van der Waals surface area contributed by atoms with Crippen LogP contribution in [-0.2, 0) is 4.79 Å². The third kappa shape index (κ3) is 4.07. The standard InChI is InChI=1S/C16H13FN8OS2/c1-8(14(26)23-13-11-12(19-6-18-11)20-7-21-13)27-16-25-24-15(28-16)22-10-4-2-3-9(17)5-10/h2-8H,1H3,(H,22,24)(H2,18,19,20,21,23,26)/t8-/m0/s1. The zero-order valence-electron chi connectivity index (χ0n) is 14.4. The lowest BCUT2D eigenvalue weighted by Gasteiger charge is -2.09. The van der Waals surface area contributed by atoms with E-state index in [4.69, 9.17) is 0 Å². The normalized spacial score (nSPS) is 12.1. The van der Waals surface area contributed by atoms with Crippen LogP contribution in [0.5, 0.6) is 0 Å². The average molecular weight is 416 g/mol. The molecule has 0 radical (unpaired) electrons. The molecule has 0 aliphatic carbocycles. The molecule has 0 saturated heterocycles. The summed E-state index contributed by atoms with van der Waals surface area (Å²) in [5.74, 6) is -0.217. The van der Waals surface area contributed by atoms with Gasteiger partial charge in [-0.3, -0.25) is 4.79 Å². The van der Waals surface area contributed by atoms with Crippen LogP contribution >= 0.6 is 23.1 Å². The van der Waals surface area contributed by atoms with E-state index in [-0.39, 0.29) is 11.7 Å². The number of aromatic nitrogens is 6. The molecule has 12 heteroatoms. The fraction of sp³-hybridized carbons (Fsp3) is 0.125. The molecule has 0 fully saturated rings. The van der Waals surface area contributed by atoms with Crippen molar-refractivity contribution >= 4 is 56.8 Å². The molecule has 4 aromatic rings. The number of thioether (sulfide) groups is 1. The largest absolute Gasteiger partial charge is 0.340 e. The average Bonchev–Trinajstić information content (AvgIpc) is 3.31. The van der Waals surface area contributed by atoms with Crippen LogP contribution in [0.3, 0.4) is 0 Å². The zero-order chi connectivity index (χ0) is 19.5.